The molecule has 0 spiro atoms. The van der Waals surface area contributed by atoms with E-state index in [1.54, 1.807) is 38.1 Å². The van der Waals surface area contributed by atoms with E-state index in [0.717, 1.165) is 5.56 Å². The van der Waals surface area contributed by atoms with Crippen molar-refractivity contribution in [2.45, 2.75) is 45.4 Å². The topological polar surface area (TPSA) is 163 Å². The Morgan fingerprint density at radius 2 is 1.87 bits per heavy atom. The standard InChI is InChI=1S/C25H28ClN3O9/c1-12(2)23(32)38-18-13(3)37-25(34)16(11-36-24(33)15(18)10-14-8-6-5-7-9-14)27-20(30)17-21(31)29-22(35-4)19(26)28-17/h5-9,12-13,15-16,18H,10-11H2,1-4H3,(H,27,30)(H,29,31). The monoisotopic (exact) mass is 549 g/mol. The molecule has 1 amide bonds. The van der Waals surface area contributed by atoms with Crippen LogP contribution < -0.4 is 15.6 Å². The number of rotatable bonds is 7. The van der Waals surface area contributed by atoms with Crippen molar-refractivity contribution in [1.29, 1.82) is 0 Å². The van der Waals surface area contributed by atoms with Gasteiger partial charge in [-0.3, -0.25) is 24.2 Å². The van der Waals surface area contributed by atoms with E-state index in [4.69, 9.17) is 30.5 Å². The zero-order valence-corrected chi connectivity index (χ0v) is 21.9. The summed E-state index contributed by atoms with van der Waals surface area (Å²) in [5.74, 6) is -5.05. The number of nitrogens with one attached hydrogen (secondary N) is 2. The summed E-state index contributed by atoms with van der Waals surface area (Å²) in [6.45, 7) is 4.13. The second kappa shape index (κ2) is 12.5. The molecule has 1 aliphatic heterocycles. The van der Waals surface area contributed by atoms with E-state index in [1.165, 1.54) is 14.0 Å². The highest BCUT2D eigenvalue weighted by Gasteiger charge is 2.42. The molecular formula is C25H28ClN3O9. The van der Waals surface area contributed by atoms with Gasteiger partial charge in [0, 0.05) is 0 Å². The van der Waals surface area contributed by atoms with Crippen molar-refractivity contribution in [2.24, 2.45) is 11.8 Å². The first-order valence-electron chi connectivity index (χ1n) is 11.8. The lowest BCUT2D eigenvalue weighted by atomic mass is 9.91. The minimum Gasteiger partial charge on any atom is -0.480 e. The fourth-order valence-corrected chi connectivity index (χ4v) is 3.89. The number of amides is 1. The fraction of sp³-hybridized carbons (Fsp3) is 0.440. The summed E-state index contributed by atoms with van der Waals surface area (Å²) in [5, 5.41) is 2.00. The third-order valence-electron chi connectivity index (χ3n) is 5.73. The van der Waals surface area contributed by atoms with Crippen LogP contribution in [0.2, 0.25) is 5.15 Å². The van der Waals surface area contributed by atoms with Crippen molar-refractivity contribution in [1.82, 2.24) is 15.3 Å². The van der Waals surface area contributed by atoms with Crippen LogP contribution in [0.1, 0.15) is 36.8 Å². The van der Waals surface area contributed by atoms with Crippen LogP contribution >= 0.6 is 11.6 Å². The molecule has 0 saturated carbocycles. The summed E-state index contributed by atoms with van der Waals surface area (Å²) < 4.78 is 21.3. The molecule has 1 fully saturated rings. The molecule has 2 N–H and O–H groups in total. The number of carbonyl (C=O) groups excluding carboxylic acids is 4. The number of methoxy groups -OCH3 is 1. The van der Waals surface area contributed by atoms with Gasteiger partial charge in [0.25, 0.3) is 11.5 Å². The fourth-order valence-electron chi connectivity index (χ4n) is 3.68. The van der Waals surface area contributed by atoms with E-state index in [9.17, 15) is 24.0 Å². The first-order valence-corrected chi connectivity index (χ1v) is 12.2. The van der Waals surface area contributed by atoms with E-state index < -0.39 is 71.8 Å². The lowest BCUT2D eigenvalue weighted by Gasteiger charge is -2.29. The number of esters is 3. The van der Waals surface area contributed by atoms with Crippen LogP contribution in [-0.2, 0) is 35.0 Å². The number of hydrogen-bond acceptors (Lipinski definition) is 10. The predicted octanol–water partition coefficient (Wildman–Crippen LogP) is 1.45. The highest BCUT2D eigenvalue weighted by Crippen LogP contribution is 2.25. The molecule has 1 aromatic carbocycles. The number of hydrogen-bond donors (Lipinski definition) is 2. The number of nitrogens with zero attached hydrogens (tertiary/aromatic N) is 1. The number of ether oxygens (including phenoxy) is 4. The smallest absolute Gasteiger partial charge is 0.332 e. The van der Waals surface area contributed by atoms with E-state index in [-0.39, 0.29) is 17.5 Å². The Kier molecular flexibility index (Phi) is 9.45. The van der Waals surface area contributed by atoms with Gasteiger partial charge < -0.3 is 24.3 Å². The van der Waals surface area contributed by atoms with E-state index >= 15 is 0 Å². The van der Waals surface area contributed by atoms with Gasteiger partial charge in [-0.1, -0.05) is 55.8 Å². The molecule has 1 aromatic heterocycles. The summed E-state index contributed by atoms with van der Waals surface area (Å²) in [5.41, 5.74) is -0.799. The molecule has 38 heavy (non-hydrogen) atoms. The second-order valence-corrected chi connectivity index (χ2v) is 9.25. The van der Waals surface area contributed by atoms with Crippen LogP contribution in [0.15, 0.2) is 35.1 Å². The van der Waals surface area contributed by atoms with Crippen molar-refractivity contribution < 1.29 is 38.1 Å². The van der Waals surface area contributed by atoms with Crippen molar-refractivity contribution in [3.05, 3.63) is 57.1 Å². The Bertz CT molecular complexity index is 1250. The Hall–Kier alpha value is -3.93. The molecule has 0 radical (unpaired) electrons. The Balaban J connectivity index is 1.88. The SMILES string of the molecule is COc1[nH]c(=O)c(C(=O)NC2COC(=O)C(Cc3ccccc3)C(OC(=O)C(C)C)C(C)OC2=O)nc1Cl. The molecule has 4 unspecified atom stereocenters. The maximum Gasteiger partial charge on any atom is 0.332 e. The van der Waals surface area contributed by atoms with Gasteiger partial charge >= 0.3 is 17.9 Å². The summed E-state index contributed by atoms with van der Waals surface area (Å²) >= 11 is 5.90. The predicted molar refractivity (Wildman–Crippen MR) is 133 cm³/mol. The Morgan fingerprint density at radius 3 is 2.50 bits per heavy atom. The molecule has 0 aliphatic carbocycles. The van der Waals surface area contributed by atoms with Crippen LogP contribution in [0.5, 0.6) is 5.88 Å². The zero-order valence-electron chi connectivity index (χ0n) is 21.2. The first-order chi connectivity index (χ1) is 18.0. The largest absolute Gasteiger partial charge is 0.480 e. The summed E-state index contributed by atoms with van der Waals surface area (Å²) in [6, 6.07) is 7.50. The van der Waals surface area contributed by atoms with Gasteiger partial charge in [0.1, 0.15) is 18.6 Å². The maximum absolute atomic E-state index is 13.2. The molecule has 13 heteroatoms. The van der Waals surface area contributed by atoms with E-state index in [2.05, 4.69) is 15.3 Å². The molecule has 4 atom stereocenters. The van der Waals surface area contributed by atoms with Crippen molar-refractivity contribution in [3.8, 4) is 5.88 Å². The molecule has 204 valence electrons. The number of aromatic nitrogens is 2. The van der Waals surface area contributed by atoms with Crippen molar-refractivity contribution in [2.75, 3.05) is 13.7 Å². The van der Waals surface area contributed by atoms with Gasteiger partial charge in [-0.05, 0) is 18.9 Å². The lowest BCUT2D eigenvalue weighted by molar-refractivity contribution is -0.176. The van der Waals surface area contributed by atoms with Crippen molar-refractivity contribution in [3.63, 3.8) is 0 Å². The minimum absolute atomic E-state index is 0.137. The molecular weight excluding hydrogens is 522 g/mol. The second-order valence-electron chi connectivity index (χ2n) is 8.89. The molecule has 3 rings (SSSR count). The number of benzene rings is 1. The van der Waals surface area contributed by atoms with Gasteiger partial charge in [-0.15, -0.1) is 0 Å². The quantitative estimate of drug-likeness (QED) is 0.381. The molecule has 12 nitrogen and oxygen atoms in total. The minimum atomic E-state index is -1.49. The van der Waals surface area contributed by atoms with E-state index in [0.29, 0.717) is 0 Å². The molecule has 0 bridgehead atoms. The van der Waals surface area contributed by atoms with Crippen LogP contribution in [0.4, 0.5) is 0 Å². The Morgan fingerprint density at radius 1 is 1.18 bits per heavy atom. The average Bonchev–Trinajstić information content (AvgIpc) is 2.92. The van der Waals surface area contributed by atoms with Gasteiger partial charge in [0.15, 0.2) is 23.0 Å². The van der Waals surface area contributed by atoms with Gasteiger partial charge in [0.2, 0.25) is 5.88 Å². The first kappa shape index (κ1) is 28.6. The molecule has 2 aromatic rings. The molecule has 1 saturated heterocycles. The molecule has 2 heterocycles. The number of halogens is 1. The maximum atomic E-state index is 13.2. The Labute approximate surface area is 223 Å². The third-order valence-corrected chi connectivity index (χ3v) is 5.98. The normalized spacial score (nSPS) is 21.8. The summed E-state index contributed by atoms with van der Waals surface area (Å²) in [4.78, 5) is 69.6. The van der Waals surface area contributed by atoms with Gasteiger partial charge in [-0.2, -0.15) is 0 Å². The van der Waals surface area contributed by atoms with Crippen LogP contribution in [-0.4, -0.2) is 65.7 Å². The van der Waals surface area contributed by atoms with Crippen molar-refractivity contribution >= 4 is 35.4 Å². The van der Waals surface area contributed by atoms with Gasteiger partial charge in [-0.25, -0.2) is 9.78 Å². The lowest BCUT2D eigenvalue weighted by Crippen LogP contribution is -2.48. The average molecular weight is 550 g/mol. The highest BCUT2D eigenvalue weighted by atomic mass is 35.5. The van der Waals surface area contributed by atoms with Crippen LogP contribution in [0.3, 0.4) is 0 Å². The molecule has 1 aliphatic rings. The number of H-pyrrole nitrogens is 1. The highest BCUT2D eigenvalue weighted by molar-refractivity contribution is 6.30. The van der Waals surface area contributed by atoms with Crippen LogP contribution in [0.25, 0.3) is 0 Å². The third kappa shape index (κ3) is 6.88. The van der Waals surface area contributed by atoms with E-state index in [1.807, 2.05) is 6.07 Å². The summed E-state index contributed by atoms with van der Waals surface area (Å²) in [7, 11) is 1.25. The number of cyclic esters (lactones) is 2. The van der Waals surface area contributed by atoms with Crippen LogP contribution in [0, 0.1) is 11.8 Å². The summed E-state index contributed by atoms with van der Waals surface area (Å²) in [6.07, 6.45) is -2.11. The zero-order chi connectivity index (χ0) is 28.0. The number of carbonyl (C=O) groups is 4. The van der Waals surface area contributed by atoms with Gasteiger partial charge in [0.05, 0.1) is 13.0 Å². The number of aromatic amines is 1.